The molecule has 0 radical (unpaired) electrons. The van der Waals surface area contributed by atoms with Crippen molar-refractivity contribution < 1.29 is 14.1 Å². The topological polar surface area (TPSA) is 64.4 Å². The fourth-order valence-corrected chi connectivity index (χ4v) is 2.61. The number of benzene rings is 2. The van der Waals surface area contributed by atoms with Crippen LogP contribution in [0.4, 0.5) is 4.39 Å². The zero-order chi connectivity index (χ0) is 15.7. The summed E-state index contributed by atoms with van der Waals surface area (Å²) < 4.78 is 18.7. The van der Waals surface area contributed by atoms with Gasteiger partial charge in [0.2, 0.25) is 0 Å². The molecule has 0 saturated carbocycles. The summed E-state index contributed by atoms with van der Waals surface area (Å²) in [5.41, 5.74) is 1.23. The summed E-state index contributed by atoms with van der Waals surface area (Å²) in [5.74, 6) is -0.364. The molecule has 1 aliphatic heterocycles. The van der Waals surface area contributed by atoms with E-state index in [1.807, 2.05) is 0 Å². The van der Waals surface area contributed by atoms with Gasteiger partial charge in [0, 0.05) is 12.6 Å². The number of nitrogens with zero attached hydrogens (tertiary/aromatic N) is 1. The van der Waals surface area contributed by atoms with Gasteiger partial charge in [0.25, 0.3) is 5.88 Å². The molecule has 1 atom stereocenters. The van der Waals surface area contributed by atoms with E-state index in [2.05, 4.69) is 5.32 Å². The van der Waals surface area contributed by atoms with Crippen molar-refractivity contribution in [2.75, 3.05) is 7.05 Å². The third kappa shape index (κ3) is 2.28. The van der Waals surface area contributed by atoms with E-state index < -0.39 is 10.8 Å². The van der Waals surface area contributed by atoms with Crippen molar-refractivity contribution in [3.63, 3.8) is 0 Å². The summed E-state index contributed by atoms with van der Waals surface area (Å²) in [6, 6.07) is 12.8. The highest BCUT2D eigenvalue weighted by Crippen LogP contribution is 2.42. The largest absolute Gasteiger partial charge is 0.435 e. The molecule has 22 heavy (non-hydrogen) atoms. The van der Waals surface area contributed by atoms with Gasteiger partial charge in [-0.15, -0.1) is 0 Å². The van der Waals surface area contributed by atoms with E-state index >= 15 is 0 Å². The Balaban J connectivity index is 2.23. The lowest BCUT2D eigenvalue weighted by atomic mass is 9.86. The lowest BCUT2D eigenvalue weighted by Gasteiger charge is -2.25. The van der Waals surface area contributed by atoms with E-state index in [9.17, 15) is 14.5 Å². The standard InChI is InChI=1S/C16H13FN2O3/c1-18-16-15(19(20)21)14(10-6-8-11(17)9-7-10)12-4-2-3-5-13(12)22-16/h2-9,14,18H,1H3. The SMILES string of the molecule is CNC1=C([N+](=O)[O-])C(c2ccc(F)cc2)c2ccccc2O1. The monoisotopic (exact) mass is 300 g/mol. The maximum atomic E-state index is 13.2. The molecule has 0 fully saturated rings. The molecule has 1 aliphatic rings. The average molecular weight is 300 g/mol. The zero-order valence-corrected chi connectivity index (χ0v) is 11.7. The Morgan fingerprint density at radius 1 is 1.18 bits per heavy atom. The van der Waals surface area contributed by atoms with Gasteiger partial charge in [0.05, 0.1) is 4.92 Å². The van der Waals surface area contributed by atoms with Crippen molar-refractivity contribution in [3.05, 3.63) is 87.2 Å². The molecule has 5 nitrogen and oxygen atoms in total. The first-order chi connectivity index (χ1) is 10.6. The van der Waals surface area contributed by atoms with Crippen LogP contribution in [0.3, 0.4) is 0 Å². The Morgan fingerprint density at radius 2 is 1.86 bits per heavy atom. The van der Waals surface area contributed by atoms with Crippen LogP contribution in [0.5, 0.6) is 5.75 Å². The quantitative estimate of drug-likeness (QED) is 0.699. The molecular formula is C16H13FN2O3. The van der Waals surface area contributed by atoms with Crippen molar-refractivity contribution >= 4 is 0 Å². The van der Waals surface area contributed by atoms with Gasteiger partial charge in [-0.25, -0.2) is 4.39 Å². The second kappa shape index (κ2) is 5.48. The molecule has 0 aliphatic carbocycles. The first kappa shape index (κ1) is 14.1. The number of nitrogens with one attached hydrogen (secondary N) is 1. The molecule has 1 N–H and O–H groups in total. The Kier molecular flexibility index (Phi) is 3.50. The first-order valence-corrected chi connectivity index (χ1v) is 6.70. The Labute approximate surface area is 126 Å². The fraction of sp³-hybridized carbons (Fsp3) is 0.125. The normalized spacial score (nSPS) is 16.7. The maximum Gasteiger partial charge on any atom is 0.317 e. The van der Waals surface area contributed by atoms with Crippen molar-refractivity contribution in [2.24, 2.45) is 0 Å². The van der Waals surface area contributed by atoms with E-state index in [0.29, 0.717) is 16.9 Å². The van der Waals surface area contributed by atoms with Gasteiger partial charge >= 0.3 is 5.70 Å². The van der Waals surface area contributed by atoms with Gasteiger partial charge in [-0.05, 0) is 23.8 Å². The van der Waals surface area contributed by atoms with Crippen LogP contribution >= 0.6 is 0 Å². The summed E-state index contributed by atoms with van der Waals surface area (Å²) >= 11 is 0. The Hall–Kier alpha value is -2.89. The van der Waals surface area contributed by atoms with Crippen LogP contribution in [0.1, 0.15) is 17.0 Å². The number of halogens is 1. The summed E-state index contributed by atoms with van der Waals surface area (Å²) in [5, 5.41) is 14.3. The number of nitro groups is 1. The number of fused-ring (bicyclic) bond motifs is 1. The van der Waals surface area contributed by atoms with E-state index in [1.54, 1.807) is 43.4 Å². The predicted octanol–water partition coefficient (Wildman–Crippen LogP) is 3.02. The average Bonchev–Trinajstić information content (AvgIpc) is 2.53. The molecular weight excluding hydrogens is 287 g/mol. The highest BCUT2D eigenvalue weighted by atomic mass is 19.1. The van der Waals surface area contributed by atoms with Gasteiger partial charge in [-0.3, -0.25) is 10.1 Å². The molecule has 1 unspecified atom stereocenters. The van der Waals surface area contributed by atoms with Crippen LogP contribution in [-0.4, -0.2) is 12.0 Å². The third-order valence-corrected chi connectivity index (χ3v) is 3.58. The minimum absolute atomic E-state index is 0.0900. The molecule has 112 valence electrons. The molecule has 0 amide bonds. The number of para-hydroxylation sites is 1. The van der Waals surface area contributed by atoms with Crippen LogP contribution in [0.15, 0.2) is 60.1 Å². The van der Waals surface area contributed by atoms with E-state index in [0.717, 1.165) is 0 Å². The smallest absolute Gasteiger partial charge is 0.317 e. The first-order valence-electron chi connectivity index (χ1n) is 6.70. The summed E-state index contributed by atoms with van der Waals surface area (Å²) in [7, 11) is 1.56. The number of rotatable bonds is 3. The number of allylic oxidation sites excluding steroid dienone is 1. The van der Waals surface area contributed by atoms with Gasteiger partial charge < -0.3 is 10.1 Å². The second-order valence-electron chi connectivity index (χ2n) is 4.85. The van der Waals surface area contributed by atoms with Crippen LogP contribution in [0.25, 0.3) is 0 Å². The van der Waals surface area contributed by atoms with Crippen molar-refractivity contribution in [1.29, 1.82) is 0 Å². The van der Waals surface area contributed by atoms with Crippen LogP contribution in [0, 0.1) is 15.9 Å². The molecule has 0 saturated heterocycles. The summed E-state index contributed by atoms with van der Waals surface area (Å²) in [4.78, 5) is 11.1. The molecule has 6 heteroatoms. The second-order valence-corrected chi connectivity index (χ2v) is 4.85. The van der Waals surface area contributed by atoms with Crippen molar-refractivity contribution in [1.82, 2.24) is 5.32 Å². The zero-order valence-electron chi connectivity index (χ0n) is 11.7. The molecule has 3 rings (SSSR count). The lowest BCUT2D eigenvalue weighted by molar-refractivity contribution is -0.432. The molecule has 0 spiro atoms. The summed E-state index contributed by atoms with van der Waals surface area (Å²) in [6.45, 7) is 0. The van der Waals surface area contributed by atoms with Crippen LogP contribution in [-0.2, 0) is 0 Å². The highest BCUT2D eigenvalue weighted by Gasteiger charge is 2.39. The number of ether oxygens (including phenoxy) is 1. The fourth-order valence-electron chi connectivity index (χ4n) is 2.61. The Bertz CT molecular complexity index is 756. The number of hydrogen-bond acceptors (Lipinski definition) is 4. The van der Waals surface area contributed by atoms with E-state index in [-0.39, 0.29) is 17.4 Å². The highest BCUT2D eigenvalue weighted by molar-refractivity contribution is 5.50. The minimum Gasteiger partial charge on any atom is -0.435 e. The van der Waals surface area contributed by atoms with Gasteiger partial charge in [0.15, 0.2) is 0 Å². The maximum absolute atomic E-state index is 13.2. The van der Waals surface area contributed by atoms with Gasteiger partial charge in [0.1, 0.15) is 17.5 Å². The van der Waals surface area contributed by atoms with E-state index in [4.69, 9.17) is 4.74 Å². The van der Waals surface area contributed by atoms with Gasteiger partial charge in [-0.2, -0.15) is 0 Å². The van der Waals surface area contributed by atoms with Crippen molar-refractivity contribution in [2.45, 2.75) is 5.92 Å². The van der Waals surface area contributed by atoms with Crippen molar-refractivity contribution in [3.8, 4) is 5.75 Å². The van der Waals surface area contributed by atoms with E-state index in [1.165, 1.54) is 12.1 Å². The molecule has 0 bridgehead atoms. The molecule has 1 heterocycles. The summed E-state index contributed by atoms with van der Waals surface area (Å²) in [6.07, 6.45) is 0. The molecule has 2 aromatic rings. The molecule has 2 aromatic carbocycles. The third-order valence-electron chi connectivity index (χ3n) is 3.58. The van der Waals surface area contributed by atoms with Crippen LogP contribution < -0.4 is 10.1 Å². The van der Waals surface area contributed by atoms with Gasteiger partial charge in [-0.1, -0.05) is 30.3 Å². The van der Waals surface area contributed by atoms with Crippen LogP contribution in [0.2, 0.25) is 0 Å². The minimum atomic E-state index is -0.622. The molecule has 0 aromatic heterocycles. The Morgan fingerprint density at radius 3 is 2.50 bits per heavy atom. The lowest BCUT2D eigenvalue weighted by Crippen LogP contribution is -2.27. The predicted molar refractivity (Wildman–Crippen MR) is 78.4 cm³/mol. The number of hydrogen-bond donors (Lipinski definition) is 1.